The van der Waals surface area contributed by atoms with Crippen molar-refractivity contribution >= 4 is 5.91 Å². The highest BCUT2D eigenvalue weighted by molar-refractivity contribution is 5.80. The van der Waals surface area contributed by atoms with Crippen LogP contribution in [0.3, 0.4) is 0 Å². The van der Waals surface area contributed by atoms with E-state index in [0.29, 0.717) is 30.5 Å². The predicted octanol–water partition coefficient (Wildman–Crippen LogP) is 1.83. The highest BCUT2D eigenvalue weighted by Gasteiger charge is 2.37. The van der Waals surface area contributed by atoms with Gasteiger partial charge in [0.05, 0.1) is 0 Å². The molecule has 2 heterocycles. The standard InChI is InChI=1S/C20H29N3O/c1-2-22-9-7-17(8-10-22)21-18-13-20(24)23(14-18)19-11-15-5-3-4-6-16(15)12-19/h3-6,17-19,21H,2,7-14H2,1H3. The molecule has 0 bridgehead atoms. The fourth-order valence-corrected chi connectivity index (χ4v) is 4.70. The molecule has 24 heavy (non-hydrogen) atoms. The Kier molecular flexibility index (Phi) is 4.59. The van der Waals surface area contributed by atoms with E-state index in [2.05, 4.69) is 46.3 Å². The number of likely N-dealkylation sites (tertiary alicyclic amines) is 2. The first-order chi connectivity index (χ1) is 11.7. The molecule has 4 heteroatoms. The van der Waals surface area contributed by atoms with Gasteiger partial charge in [-0.25, -0.2) is 0 Å². The topological polar surface area (TPSA) is 35.6 Å². The maximum Gasteiger partial charge on any atom is 0.224 e. The van der Waals surface area contributed by atoms with Gasteiger partial charge in [-0.3, -0.25) is 4.79 Å². The Labute approximate surface area is 145 Å². The Morgan fingerprint density at radius 2 is 1.71 bits per heavy atom. The van der Waals surface area contributed by atoms with Gasteiger partial charge in [0, 0.05) is 31.1 Å². The lowest BCUT2D eigenvalue weighted by molar-refractivity contribution is -0.129. The van der Waals surface area contributed by atoms with E-state index in [1.165, 1.54) is 37.1 Å². The van der Waals surface area contributed by atoms with Gasteiger partial charge in [-0.05, 0) is 56.4 Å². The van der Waals surface area contributed by atoms with Crippen molar-refractivity contribution in [1.29, 1.82) is 0 Å². The summed E-state index contributed by atoms with van der Waals surface area (Å²) < 4.78 is 0. The maximum atomic E-state index is 12.5. The molecule has 1 unspecified atom stereocenters. The average molecular weight is 327 g/mol. The molecule has 4 nitrogen and oxygen atoms in total. The van der Waals surface area contributed by atoms with Gasteiger partial charge in [-0.15, -0.1) is 0 Å². The molecule has 1 amide bonds. The molecule has 2 aliphatic heterocycles. The van der Waals surface area contributed by atoms with Crippen molar-refractivity contribution in [1.82, 2.24) is 15.1 Å². The minimum absolute atomic E-state index is 0.344. The van der Waals surface area contributed by atoms with Crippen LogP contribution < -0.4 is 5.32 Å². The molecule has 0 saturated carbocycles. The number of nitrogens with zero attached hydrogens (tertiary/aromatic N) is 2. The predicted molar refractivity (Wildman–Crippen MR) is 96.0 cm³/mol. The van der Waals surface area contributed by atoms with Crippen LogP contribution >= 0.6 is 0 Å². The number of carbonyl (C=O) groups is 1. The maximum absolute atomic E-state index is 12.5. The van der Waals surface area contributed by atoms with Gasteiger partial charge in [0.2, 0.25) is 5.91 Å². The summed E-state index contributed by atoms with van der Waals surface area (Å²) in [5.41, 5.74) is 2.86. The summed E-state index contributed by atoms with van der Waals surface area (Å²) >= 11 is 0. The molecule has 1 aromatic rings. The van der Waals surface area contributed by atoms with E-state index in [-0.39, 0.29) is 0 Å². The summed E-state index contributed by atoms with van der Waals surface area (Å²) in [6.07, 6.45) is 5.18. The first-order valence-corrected chi connectivity index (χ1v) is 9.57. The second-order valence-corrected chi connectivity index (χ2v) is 7.65. The number of piperidine rings is 1. The van der Waals surface area contributed by atoms with Gasteiger partial charge >= 0.3 is 0 Å². The fraction of sp³-hybridized carbons (Fsp3) is 0.650. The third-order valence-electron chi connectivity index (χ3n) is 6.13. The Balaban J connectivity index is 1.31. The third-order valence-corrected chi connectivity index (χ3v) is 6.13. The van der Waals surface area contributed by atoms with Gasteiger partial charge < -0.3 is 15.1 Å². The molecule has 3 aliphatic rings. The third kappa shape index (κ3) is 3.22. The Hall–Kier alpha value is -1.39. The van der Waals surface area contributed by atoms with Crippen LogP contribution in [0.25, 0.3) is 0 Å². The highest BCUT2D eigenvalue weighted by Crippen LogP contribution is 2.28. The summed E-state index contributed by atoms with van der Waals surface area (Å²) in [6, 6.07) is 9.97. The van der Waals surface area contributed by atoms with Crippen LogP contribution in [0.2, 0.25) is 0 Å². The van der Waals surface area contributed by atoms with Crippen LogP contribution in [-0.4, -0.2) is 60.0 Å². The van der Waals surface area contributed by atoms with Gasteiger partial charge in [0.25, 0.3) is 0 Å². The van der Waals surface area contributed by atoms with E-state index in [0.717, 1.165) is 25.9 Å². The molecule has 1 aliphatic carbocycles. The number of hydrogen-bond donors (Lipinski definition) is 1. The number of hydrogen-bond acceptors (Lipinski definition) is 3. The minimum Gasteiger partial charge on any atom is -0.337 e. The number of rotatable bonds is 4. The smallest absolute Gasteiger partial charge is 0.224 e. The summed E-state index contributed by atoms with van der Waals surface area (Å²) in [7, 11) is 0. The van der Waals surface area contributed by atoms with E-state index >= 15 is 0 Å². The summed E-state index contributed by atoms with van der Waals surface area (Å²) in [5.74, 6) is 0.344. The lowest BCUT2D eigenvalue weighted by atomic mass is 10.0. The van der Waals surface area contributed by atoms with Crippen molar-refractivity contribution in [2.45, 2.75) is 57.2 Å². The monoisotopic (exact) mass is 327 g/mol. The summed E-state index contributed by atoms with van der Waals surface area (Å²) in [4.78, 5) is 17.2. The summed E-state index contributed by atoms with van der Waals surface area (Å²) in [5, 5.41) is 3.78. The van der Waals surface area contributed by atoms with Crippen LogP contribution in [0, 0.1) is 0 Å². The Morgan fingerprint density at radius 1 is 1.04 bits per heavy atom. The molecule has 0 spiro atoms. The number of carbonyl (C=O) groups excluding carboxylic acids is 1. The van der Waals surface area contributed by atoms with Crippen molar-refractivity contribution in [2.24, 2.45) is 0 Å². The van der Waals surface area contributed by atoms with Crippen molar-refractivity contribution in [3.05, 3.63) is 35.4 Å². The van der Waals surface area contributed by atoms with Crippen LogP contribution in [0.1, 0.15) is 37.3 Å². The van der Waals surface area contributed by atoms with Gasteiger partial charge in [0.1, 0.15) is 0 Å². The lowest BCUT2D eigenvalue weighted by Gasteiger charge is -2.33. The first kappa shape index (κ1) is 16.1. The fourth-order valence-electron chi connectivity index (χ4n) is 4.70. The van der Waals surface area contributed by atoms with Crippen molar-refractivity contribution < 1.29 is 4.79 Å². The van der Waals surface area contributed by atoms with Gasteiger partial charge in [0.15, 0.2) is 0 Å². The van der Waals surface area contributed by atoms with Gasteiger partial charge in [-0.2, -0.15) is 0 Å². The SMILES string of the molecule is CCN1CCC(NC2CC(=O)N(C3Cc4ccccc4C3)C2)CC1. The quantitative estimate of drug-likeness (QED) is 0.916. The summed E-state index contributed by atoms with van der Waals surface area (Å²) in [6.45, 7) is 6.67. The zero-order valence-corrected chi connectivity index (χ0v) is 14.7. The molecule has 0 radical (unpaired) electrons. The number of benzene rings is 1. The van der Waals surface area contributed by atoms with E-state index < -0.39 is 0 Å². The van der Waals surface area contributed by atoms with Crippen LogP contribution in [0.4, 0.5) is 0 Å². The lowest BCUT2D eigenvalue weighted by Crippen LogP contribution is -2.47. The minimum atomic E-state index is 0.344. The molecular formula is C20H29N3O. The van der Waals surface area contributed by atoms with Crippen molar-refractivity contribution in [2.75, 3.05) is 26.2 Å². The van der Waals surface area contributed by atoms with E-state index in [9.17, 15) is 4.79 Å². The number of fused-ring (bicyclic) bond motifs is 1. The van der Waals surface area contributed by atoms with E-state index in [4.69, 9.17) is 0 Å². The number of amides is 1. The van der Waals surface area contributed by atoms with E-state index in [1.54, 1.807) is 0 Å². The van der Waals surface area contributed by atoms with Crippen molar-refractivity contribution in [3.8, 4) is 0 Å². The first-order valence-electron chi connectivity index (χ1n) is 9.57. The molecule has 1 aromatic carbocycles. The molecule has 130 valence electrons. The zero-order valence-electron chi connectivity index (χ0n) is 14.7. The zero-order chi connectivity index (χ0) is 16.5. The average Bonchev–Trinajstić information content (AvgIpc) is 3.18. The van der Waals surface area contributed by atoms with Crippen LogP contribution in [-0.2, 0) is 17.6 Å². The second-order valence-electron chi connectivity index (χ2n) is 7.65. The van der Waals surface area contributed by atoms with E-state index in [1.807, 2.05) is 0 Å². The molecule has 4 rings (SSSR count). The van der Waals surface area contributed by atoms with Crippen LogP contribution in [0.15, 0.2) is 24.3 Å². The Bertz CT molecular complexity index is 569. The second kappa shape index (κ2) is 6.85. The van der Waals surface area contributed by atoms with Gasteiger partial charge in [-0.1, -0.05) is 31.2 Å². The molecule has 0 aromatic heterocycles. The van der Waals surface area contributed by atoms with Crippen molar-refractivity contribution in [3.63, 3.8) is 0 Å². The molecule has 2 saturated heterocycles. The molecule has 1 N–H and O–H groups in total. The largest absolute Gasteiger partial charge is 0.337 e. The molecule has 2 fully saturated rings. The van der Waals surface area contributed by atoms with Crippen LogP contribution in [0.5, 0.6) is 0 Å². The normalized spacial score (nSPS) is 26.3. The molecular weight excluding hydrogens is 298 g/mol. The number of nitrogens with one attached hydrogen (secondary N) is 1. The Morgan fingerprint density at radius 3 is 2.33 bits per heavy atom. The highest BCUT2D eigenvalue weighted by atomic mass is 16.2. The molecule has 1 atom stereocenters.